The van der Waals surface area contributed by atoms with Gasteiger partial charge >= 0.3 is 0 Å². The standard InChI is InChI=1S/C16H14N6S2/c17-8-10-1-3-11(4-2-10)9-24-16-21-20-15(22(16)19)12-5-6-14(23)13(18)7-12/h1-7,23H,9,18-19H2. The van der Waals surface area contributed by atoms with Crippen molar-refractivity contribution in [2.75, 3.05) is 11.6 Å². The van der Waals surface area contributed by atoms with Crippen molar-refractivity contribution in [2.24, 2.45) is 0 Å². The van der Waals surface area contributed by atoms with Gasteiger partial charge < -0.3 is 11.6 Å². The lowest BCUT2D eigenvalue weighted by molar-refractivity contribution is 0.849. The Morgan fingerprint density at radius 3 is 2.58 bits per heavy atom. The normalized spacial score (nSPS) is 10.5. The van der Waals surface area contributed by atoms with E-state index in [0.29, 0.717) is 32.9 Å². The molecule has 0 unspecified atom stereocenters. The summed E-state index contributed by atoms with van der Waals surface area (Å²) in [6.07, 6.45) is 0. The molecule has 0 aliphatic heterocycles. The summed E-state index contributed by atoms with van der Waals surface area (Å²) in [5, 5.41) is 17.7. The van der Waals surface area contributed by atoms with E-state index in [9.17, 15) is 0 Å². The lowest BCUT2D eigenvalue weighted by Crippen LogP contribution is -2.11. The van der Waals surface area contributed by atoms with Crippen LogP contribution in [0.1, 0.15) is 11.1 Å². The van der Waals surface area contributed by atoms with Crippen LogP contribution in [-0.2, 0) is 5.75 Å². The first-order chi connectivity index (χ1) is 11.6. The molecule has 8 heteroatoms. The molecule has 0 saturated heterocycles. The fraction of sp³-hybridized carbons (Fsp3) is 0.0625. The maximum absolute atomic E-state index is 8.81. The van der Waals surface area contributed by atoms with Gasteiger partial charge in [-0.05, 0) is 35.9 Å². The molecule has 0 bridgehead atoms. The fourth-order valence-corrected chi connectivity index (χ4v) is 3.04. The predicted molar refractivity (Wildman–Crippen MR) is 98.0 cm³/mol. The van der Waals surface area contributed by atoms with E-state index in [1.165, 1.54) is 16.4 Å². The van der Waals surface area contributed by atoms with Crippen LogP contribution >= 0.6 is 24.4 Å². The molecule has 0 fully saturated rings. The fourth-order valence-electron chi connectivity index (χ4n) is 2.09. The summed E-state index contributed by atoms with van der Waals surface area (Å²) in [7, 11) is 0. The summed E-state index contributed by atoms with van der Waals surface area (Å²) in [5.41, 5.74) is 8.93. The minimum atomic E-state index is 0.539. The third kappa shape index (κ3) is 3.32. The molecule has 0 spiro atoms. The molecule has 4 N–H and O–H groups in total. The zero-order valence-corrected chi connectivity index (χ0v) is 14.3. The number of hydrogen-bond acceptors (Lipinski definition) is 7. The Morgan fingerprint density at radius 2 is 1.92 bits per heavy atom. The Hall–Kier alpha value is -2.63. The number of thiol groups is 1. The van der Waals surface area contributed by atoms with Crippen molar-refractivity contribution < 1.29 is 0 Å². The maximum Gasteiger partial charge on any atom is 0.210 e. The third-order valence-electron chi connectivity index (χ3n) is 3.40. The molecule has 0 amide bonds. The summed E-state index contributed by atoms with van der Waals surface area (Å²) in [5.74, 6) is 7.32. The molecule has 0 atom stereocenters. The van der Waals surface area contributed by atoms with Gasteiger partial charge in [-0.25, -0.2) is 4.68 Å². The van der Waals surface area contributed by atoms with Crippen molar-refractivity contribution in [3.8, 4) is 17.5 Å². The second kappa shape index (κ2) is 6.86. The topological polar surface area (TPSA) is 107 Å². The van der Waals surface area contributed by atoms with Gasteiger partial charge in [0.25, 0.3) is 0 Å². The van der Waals surface area contributed by atoms with Gasteiger partial charge in [-0.15, -0.1) is 22.8 Å². The van der Waals surface area contributed by atoms with E-state index >= 15 is 0 Å². The number of anilines is 1. The molecule has 2 aromatic carbocycles. The van der Waals surface area contributed by atoms with E-state index in [-0.39, 0.29) is 0 Å². The molecule has 3 rings (SSSR count). The largest absolute Gasteiger partial charge is 0.398 e. The van der Waals surface area contributed by atoms with Crippen molar-refractivity contribution in [2.45, 2.75) is 15.8 Å². The van der Waals surface area contributed by atoms with Gasteiger partial charge in [0.15, 0.2) is 5.82 Å². The Bertz CT molecular complexity index is 911. The van der Waals surface area contributed by atoms with Crippen LogP contribution in [0.4, 0.5) is 5.69 Å². The molecular formula is C16H14N6S2. The highest BCUT2D eigenvalue weighted by Crippen LogP contribution is 2.27. The summed E-state index contributed by atoms with van der Waals surface area (Å²) in [4.78, 5) is 0.706. The number of hydrogen-bond donors (Lipinski definition) is 3. The third-order valence-corrected chi connectivity index (χ3v) is 4.82. The number of nitrogens with two attached hydrogens (primary N) is 2. The van der Waals surface area contributed by atoms with Gasteiger partial charge in [-0.1, -0.05) is 23.9 Å². The van der Waals surface area contributed by atoms with E-state index in [4.69, 9.17) is 16.8 Å². The number of rotatable bonds is 4. The van der Waals surface area contributed by atoms with Crippen molar-refractivity contribution in [1.82, 2.24) is 14.9 Å². The van der Waals surface area contributed by atoms with Crippen LogP contribution in [0.5, 0.6) is 0 Å². The van der Waals surface area contributed by atoms with Crippen LogP contribution in [0.2, 0.25) is 0 Å². The van der Waals surface area contributed by atoms with Crippen molar-refractivity contribution in [3.63, 3.8) is 0 Å². The summed E-state index contributed by atoms with van der Waals surface area (Å²) in [6, 6.07) is 14.9. The number of aromatic nitrogens is 3. The molecule has 1 heterocycles. The minimum absolute atomic E-state index is 0.539. The molecule has 24 heavy (non-hydrogen) atoms. The number of nitriles is 1. The van der Waals surface area contributed by atoms with Crippen LogP contribution in [0.15, 0.2) is 52.5 Å². The maximum atomic E-state index is 8.81. The quantitative estimate of drug-likeness (QED) is 0.288. The van der Waals surface area contributed by atoms with E-state index < -0.39 is 0 Å². The Kier molecular flexibility index (Phi) is 4.64. The highest BCUT2D eigenvalue weighted by molar-refractivity contribution is 7.98. The first-order valence-electron chi connectivity index (χ1n) is 6.99. The second-order valence-corrected chi connectivity index (χ2v) is 6.47. The molecular weight excluding hydrogens is 340 g/mol. The molecule has 0 aliphatic carbocycles. The van der Waals surface area contributed by atoms with Gasteiger partial charge in [0.2, 0.25) is 5.16 Å². The minimum Gasteiger partial charge on any atom is -0.398 e. The zero-order valence-electron chi connectivity index (χ0n) is 12.5. The average molecular weight is 354 g/mol. The van der Waals surface area contributed by atoms with E-state index in [2.05, 4.69) is 28.9 Å². The summed E-state index contributed by atoms with van der Waals surface area (Å²) in [6.45, 7) is 0. The predicted octanol–water partition coefficient (Wildman–Crippen LogP) is 2.69. The number of nitrogens with zero attached hydrogens (tertiary/aromatic N) is 4. The van der Waals surface area contributed by atoms with E-state index in [0.717, 1.165) is 11.1 Å². The Morgan fingerprint density at radius 1 is 1.17 bits per heavy atom. The first-order valence-corrected chi connectivity index (χ1v) is 8.43. The van der Waals surface area contributed by atoms with Crippen LogP contribution in [-0.4, -0.2) is 14.9 Å². The second-order valence-electron chi connectivity index (χ2n) is 5.05. The number of nitrogen functional groups attached to an aromatic ring is 2. The van der Waals surface area contributed by atoms with Gasteiger partial charge in [0.1, 0.15) is 0 Å². The van der Waals surface area contributed by atoms with Crippen molar-refractivity contribution in [3.05, 3.63) is 53.6 Å². The Labute approximate surface area is 148 Å². The average Bonchev–Trinajstić information content (AvgIpc) is 2.97. The Balaban J connectivity index is 1.77. The van der Waals surface area contributed by atoms with Crippen molar-refractivity contribution in [1.29, 1.82) is 5.26 Å². The smallest absolute Gasteiger partial charge is 0.210 e. The van der Waals surface area contributed by atoms with Crippen molar-refractivity contribution >= 4 is 30.1 Å². The van der Waals surface area contributed by atoms with Gasteiger partial charge in [0, 0.05) is 21.9 Å². The lowest BCUT2D eigenvalue weighted by Gasteiger charge is -2.06. The van der Waals surface area contributed by atoms with Gasteiger partial charge in [-0.2, -0.15) is 5.26 Å². The van der Waals surface area contributed by atoms with Crippen LogP contribution in [0.3, 0.4) is 0 Å². The van der Waals surface area contributed by atoms with E-state index in [1.807, 2.05) is 18.2 Å². The van der Waals surface area contributed by atoms with Gasteiger partial charge in [0.05, 0.1) is 11.6 Å². The zero-order chi connectivity index (χ0) is 17.1. The van der Waals surface area contributed by atoms with E-state index in [1.54, 1.807) is 24.3 Å². The van der Waals surface area contributed by atoms with Crippen LogP contribution < -0.4 is 11.6 Å². The molecule has 0 aliphatic rings. The molecule has 1 aromatic heterocycles. The molecule has 3 aromatic rings. The molecule has 0 radical (unpaired) electrons. The lowest BCUT2D eigenvalue weighted by atomic mass is 10.2. The monoisotopic (exact) mass is 354 g/mol. The SMILES string of the molecule is N#Cc1ccc(CSc2nnc(-c3ccc(S)c(N)c3)n2N)cc1. The summed E-state index contributed by atoms with van der Waals surface area (Å²) >= 11 is 5.72. The van der Waals surface area contributed by atoms with Crippen LogP contribution in [0, 0.1) is 11.3 Å². The molecule has 120 valence electrons. The van der Waals surface area contributed by atoms with Crippen LogP contribution in [0.25, 0.3) is 11.4 Å². The highest BCUT2D eigenvalue weighted by atomic mass is 32.2. The first kappa shape index (κ1) is 16.2. The summed E-state index contributed by atoms with van der Waals surface area (Å²) < 4.78 is 1.45. The molecule has 6 nitrogen and oxygen atoms in total. The number of thioether (sulfide) groups is 1. The van der Waals surface area contributed by atoms with Gasteiger partial charge in [-0.3, -0.25) is 0 Å². The highest BCUT2D eigenvalue weighted by Gasteiger charge is 2.13. The molecule has 0 saturated carbocycles. The number of benzene rings is 2.